The van der Waals surface area contributed by atoms with Gasteiger partial charge in [-0.1, -0.05) is 19.1 Å². The van der Waals surface area contributed by atoms with Gasteiger partial charge in [-0.15, -0.1) is 0 Å². The molecule has 1 heterocycles. The molecule has 19 heavy (non-hydrogen) atoms. The quantitative estimate of drug-likeness (QED) is 0.604. The van der Waals surface area contributed by atoms with Crippen molar-refractivity contribution in [3.05, 3.63) is 29.8 Å². The zero-order chi connectivity index (χ0) is 13.5. The van der Waals surface area contributed by atoms with Crippen molar-refractivity contribution < 1.29 is 19.0 Å². The minimum absolute atomic E-state index is 0.127. The fourth-order valence-electron chi connectivity index (χ4n) is 2.39. The predicted molar refractivity (Wildman–Crippen MR) is 69.0 cm³/mol. The number of hydrogen-bond acceptors (Lipinski definition) is 4. The Balaban J connectivity index is 1.74. The van der Waals surface area contributed by atoms with Gasteiger partial charge < -0.3 is 14.2 Å². The maximum absolute atomic E-state index is 12.0. The molecule has 0 spiro atoms. The average Bonchev–Trinajstić information content (AvgIpc) is 3.33. The van der Waals surface area contributed by atoms with Crippen LogP contribution in [0.3, 0.4) is 0 Å². The molecule has 0 N–H and O–H groups in total. The number of esters is 1. The second kappa shape index (κ2) is 4.53. The third-order valence-corrected chi connectivity index (χ3v) is 3.82. The second-order valence-corrected chi connectivity index (χ2v) is 5.11. The highest BCUT2D eigenvalue weighted by Crippen LogP contribution is 2.50. The van der Waals surface area contributed by atoms with E-state index in [1.165, 1.54) is 0 Å². The minimum Gasteiger partial charge on any atom is -0.497 e. The molecule has 102 valence electrons. The third-order valence-electron chi connectivity index (χ3n) is 3.82. The first kappa shape index (κ1) is 12.5. The molecule has 2 aliphatic rings. The zero-order valence-electron chi connectivity index (χ0n) is 11.2. The normalized spacial score (nSPS) is 28.8. The Morgan fingerprint density at radius 3 is 2.58 bits per heavy atom. The molecule has 1 saturated heterocycles. The predicted octanol–water partition coefficient (Wildman–Crippen LogP) is 2.40. The Morgan fingerprint density at radius 1 is 1.37 bits per heavy atom. The minimum atomic E-state index is -0.502. The van der Waals surface area contributed by atoms with E-state index in [1.807, 2.05) is 31.2 Å². The zero-order valence-corrected chi connectivity index (χ0v) is 11.2. The monoisotopic (exact) mass is 262 g/mol. The molecule has 1 aliphatic heterocycles. The fourth-order valence-corrected chi connectivity index (χ4v) is 2.39. The van der Waals surface area contributed by atoms with Crippen LogP contribution in [-0.4, -0.2) is 25.3 Å². The van der Waals surface area contributed by atoms with E-state index < -0.39 is 11.7 Å². The molecule has 2 fully saturated rings. The van der Waals surface area contributed by atoms with Gasteiger partial charge in [0.2, 0.25) is 0 Å². The molecule has 3 rings (SSSR count). The maximum atomic E-state index is 12.0. The number of hydrogen-bond donors (Lipinski definition) is 0. The summed E-state index contributed by atoms with van der Waals surface area (Å²) in [6, 6.07) is 7.68. The SMILES string of the molecule is CCC1(c2ccc(OC)cc2)OC1C(=O)OC1CC1. The van der Waals surface area contributed by atoms with Crippen molar-refractivity contribution in [2.75, 3.05) is 7.11 Å². The highest BCUT2D eigenvalue weighted by molar-refractivity contribution is 5.80. The van der Waals surface area contributed by atoms with E-state index in [1.54, 1.807) is 7.11 Å². The summed E-state index contributed by atoms with van der Waals surface area (Å²) in [6.45, 7) is 2.02. The van der Waals surface area contributed by atoms with Crippen LogP contribution in [0.2, 0.25) is 0 Å². The molecule has 1 aliphatic carbocycles. The van der Waals surface area contributed by atoms with Crippen molar-refractivity contribution in [1.82, 2.24) is 0 Å². The van der Waals surface area contributed by atoms with Gasteiger partial charge in [0.25, 0.3) is 0 Å². The van der Waals surface area contributed by atoms with Gasteiger partial charge >= 0.3 is 5.97 Å². The number of carbonyl (C=O) groups excluding carboxylic acids is 1. The van der Waals surface area contributed by atoms with Crippen molar-refractivity contribution in [2.45, 2.75) is 44.0 Å². The molecule has 4 heteroatoms. The highest BCUT2D eigenvalue weighted by atomic mass is 16.7. The van der Waals surface area contributed by atoms with E-state index >= 15 is 0 Å². The molecule has 0 aromatic heterocycles. The molecule has 1 aromatic rings. The van der Waals surface area contributed by atoms with Crippen LogP contribution in [-0.2, 0) is 19.9 Å². The molecule has 4 nitrogen and oxygen atoms in total. The number of rotatable bonds is 5. The number of epoxide rings is 1. The van der Waals surface area contributed by atoms with E-state index in [2.05, 4.69) is 0 Å². The molecule has 1 aromatic carbocycles. The summed E-state index contributed by atoms with van der Waals surface area (Å²) < 4.78 is 16.1. The van der Waals surface area contributed by atoms with Gasteiger partial charge in [0, 0.05) is 0 Å². The lowest BCUT2D eigenvalue weighted by Gasteiger charge is -2.11. The van der Waals surface area contributed by atoms with Gasteiger partial charge in [0.15, 0.2) is 6.10 Å². The maximum Gasteiger partial charge on any atom is 0.339 e. The van der Waals surface area contributed by atoms with E-state index in [9.17, 15) is 4.79 Å². The van der Waals surface area contributed by atoms with Crippen LogP contribution >= 0.6 is 0 Å². The molecule has 2 atom stereocenters. The standard InChI is InChI=1S/C15H18O4/c1-3-15(10-4-6-11(17-2)7-5-10)13(19-15)14(16)18-12-8-9-12/h4-7,12-13H,3,8-9H2,1-2H3. The van der Waals surface area contributed by atoms with Gasteiger partial charge in [0.05, 0.1) is 7.11 Å². The number of benzene rings is 1. The Hall–Kier alpha value is -1.55. The van der Waals surface area contributed by atoms with E-state index in [4.69, 9.17) is 14.2 Å². The lowest BCUT2D eigenvalue weighted by Crippen LogP contribution is -2.21. The molecule has 0 bridgehead atoms. The van der Waals surface area contributed by atoms with Crippen LogP contribution in [0.1, 0.15) is 31.7 Å². The smallest absolute Gasteiger partial charge is 0.339 e. The lowest BCUT2D eigenvalue weighted by molar-refractivity contribution is -0.146. The molecule has 1 saturated carbocycles. The first-order chi connectivity index (χ1) is 9.19. The summed E-state index contributed by atoms with van der Waals surface area (Å²) in [5, 5.41) is 0. The van der Waals surface area contributed by atoms with E-state index in [0.29, 0.717) is 0 Å². The summed E-state index contributed by atoms with van der Waals surface area (Å²) >= 11 is 0. The molecular weight excluding hydrogens is 244 g/mol. The Kier molecular flexibility index (Phi) is 2.97. The summed E-state index contributed by atoms with van der Waals surface area (Å²) in [5.74, 6) is 0.577. The average molecular weight is 262 g/mol. The second-order valence-electron chi connectivity index (χ2n) is 5.11. The molecule has 0 amide bonds. The highest BCUT2D eigenvalue weighted by Gasteiger charge is 2.62. The van der Waals surface area contributed by atoms with Crippen LogP contribution in [0.15, 0.2) is 24.3 Å². The Morgan fingerprint density at radius 2 is 2.05 bits per heavy atom. The van der Waals surface area contributed by atoms with Crippen molar-refractivity contribution in [2.24, 2.45) is 0 Å². The van der Waals surface area contributed by atoms with Crippen molar-refractivity contribution in [3.63, 3.8) is 0 Å². The van der Waals surface area contributed by atoms with Gasteiger partial charge in [-0.3, -0.25) is 0 Å². The molecular formula is C15H18O4. The van der Waals surface area contributed by atoms with Crippen molar-refractivity contribution >= 4 is 5.97 Å². The van der Waals surface area contributed by atoms with Gasteiger partial charge in [-0.25, -0.2) is 4.79 Å². The molecule has 0 radical (unpaired) electrons. The first-order valence-electron chi connectivity index (χ1n) is 6.72. The van der Waals surface area contributed by atoms with Crippen LogP contribution in [0.5, 0.6) is 5.75 Å². The molecule has 2 unspecified atom stereocenters. The first-order valence-corrected chi connectivity index (χ1v) is 6.72. The van der Waals surface area contributed by atoms with Gasteiger partial charge in [-0.2, -0.15) is 0 Å². The number of carbonyl (C=O) groups is 1. The Labute approximate surface area is 112 Å². The summed E-state index contributed by atoms with van der Waals surface area (Å²) in [5.41, 5.74) is 0.506. The number of ether oxygens (including phenoxy) is 3. The lowest BCUT2D eigenvalue weighted by atomic mass is 9.92. The third kappa shape index (κ3) is 2.21. The Bertz CT molecular complexity index is 477. The van der Waals surface area contributed by atoms with Gasteiger partial charge in [-0.05, 0) is 37.0 Å². The summed E-state index contributed by atoms with van der Waals surface area (Å²) in [4.78, 5) is 12.0. The summed E-state index contributed by atoms with van der Waals surface area (Å²) in [6.07, 6.45) is 2.40. The fraction of sp³-hybridized carbons (Fsp3) is 0.533. The van der Waals surface area contributed by atoms with Gasteiger partial charge in [0.1, 0.15) is 17.5 Å². The van der Waals surface area contributed by atoms with E-state index in [0.717, 1.165) is 30.6 Å². The topological polar surface area (TPSA) is 48.1 Å². The summed E-state index contributed by atoms with van der Waals surface area (Å²) in [7, 11) is 1.63. The van der Waals surface area contributed by atoms with Crippen molar-refractivity contribution in [1.29, 1.82) is 0 Å². The van der Waals surface area contributed by atoms with E-state index in [-0.39, 0.29) is 12.1 Å². The number of methoxy groups -OCH3 is 1. The van der Waals surface area contributed by atoms with Crippen LogP contribution in [0.25, 0.3) is 0 Å². The largest absolute Gasteiger partial charge is 0.497 e. The van der Waals surface area contributed by atoms with Crippen molar-refractivity contribution in [3.8, 4) is 5.75 Å². The van der Waals surface area contributed by atoms with Crippen LogP contribution in [0.4, 0.5) is 0 Å². The van der Waals surface area contributed by atoms with Crippen LogP contribution < -0.4 is 4.74 Å². The van der Waals surface area contributed by atoms with Crippen LogP contribution in [0, 0.1) is 0 Å².